The summed E-state index contributed by atoms with van der Waals surface area (Å²) < 4.78 is 5.85. The summed E-state index contributed by atoms with van der Waals surface area (Å²) in [5.41, 5.74) is 1.18. The summed E-state index contributed by atoms with van der Waals surface area (Å²) in [7, 11) is 5.99. The molecule has 27 heavy (non-hydrogen) atoms. The van der Waals surface area contributed by atoms with Crippen LogP contribution >= 0.6 is 11.6 Å². The SMILES string of the molecule is CCOC(CCN(C)C)CNC(=NC)NC1CCN(c2cccc(Cl)c2)C1. The van der Waals surface area contributed by atoms with Crippen molar-refractivity contribution in [2.75, 3.05) is 58.8 Å². The molecule has 1 fully saturated rings. The molecule has 2 rings (SSSR count). The summed E-state index contributed by atoms with van der Waals surface area (Å²) in [6.45, 7) is 6.49. The zero-order valence-electron chi connectivity index (χ0n) is 17.0. The zero-order valence-corrected chi connectivity index (χ0v) is 17.8. The Balaban J connectivity index is 1.81. The van der Waals surface area contributed by atoms with Crippen LogP contribution in [0, 0.1) is 0 Å². The minimum absolute atomic E-state index is 0.183. The maximum Gasteiger partial charge on any atom is 0.191 e. The molecule has 0 spiro atoms. The zero-order chi connectivity index (χ0) is 19.6. The van der Waals surface area contributed by atoms with E-state index >= 15 is 0 Å². The van der Waals surface area contributed by atoms with E-state index in [2.05, 4.69) is 45.6 Å². The normalized spacial score (nSPS) is 18.8. The molecule has 1 aromatic carbocycles. The van der Waals surface area contributed by atoms with Crippen LogP contribution in [-0.4, -0.2) is 76.9 Å². The molecule has 0 aliphatic carbocycles. The van der Waals surface area contributed by atoms with Gasteiger partial charge in [-0.1, -0.05) is 17.7 Å². The summed E-state index contributed by atoms with van der Waals surface area (Å²) in [4.78, 5) is 8.92. The Morgan fingerprint density at radius 3 is 2.93 bits per heavy atom. The quantitative estimate of drug-likeness (QED) is 0.497. The van der Waals surface area contributed by atoms with E-state index in [0.717, 1.165) is 56.6 Å². The molecule has 1 aromatic rings. The molecule has 0 amide bonds. The van der Waals surface area contributed by atoms with Gasteiger partial charge < -0.3 is 25.2 Å². The van der Waals surface area contributed by atoms with Gasteiger partial charge in [0.25, 0.3) is 0 Å². The number of hydrogen-bond donors (Lipinski definition) is 2. The van der Waals surface area contributed by atoms with Gasteiger partial charge in [0.2, 0.25) is 0 Å². The fourth-order valence-corrected chi connectivity index (χ4v) is 3.45. The molecule has 152 valence electrons. The van der Waals surface area contributed by atoms with Crippen LogP contribution in [0.3, 0.4) is 0 Å². The average molecular weight is 396 g/mol. The van der Waals surface area contributed by atoms with E-state index in [-0.39, 0.29) is 6.10 Å². The molecule has 1 heterocycles. The monoisotopic (exact) mass is 395 g/mol. The van der Waals surface area contributed by atoms with Gasteiger partial charge in [-0.25, -0.2) is 0 Å². The number of rotatable bonds is 9. The predicted octanol–water partition coefficient (Wildman–Crippen LogP) is 2.44. The second kappa shape index (κ2) is 11.4. The molecule has 0 bridgehead atoms. The molecule has 2 atom stereocenters. The number of nitrogens with one attached hydrogen (secondary N) is 2. The van der Waals surface area contributed by atoms with E-state index in [4.69, 9.17) is 16.3 Å². The van der Waals surface area contributed by atoms with E-state index in [9.17, 15) is 0 Å². The van der Waals surface area contributed by atoms with Crippen molar-refractivity contribution in [2.45, 2.75) is 31.9 Å². The van der Waals surface area contributed by atoms with Crippen molar-refractivity contribution >= 4 is 23.2 Å². The van der Waals surface area contributed by atoms with Crippen LogP contribution in [0.1, 0.15) is 19.8 Å². The molecule has 2 unspecified atom stereocenters. The third-order valence-corrected chi connectivity index (χ3v) is 4.96. The molecule has 2 N–H and O–H groups in total. The topological polar surface area (TPSA) is 52.1 Å². The first-order chi connectivity index (χ1) is 13.0. The number of guanidine groups is 1. The van der Waals surface area contributed by atoms with E-state index in [0.29, 0.717) is 6.04 Å². The second-order valence-electron chi connectivity index (χ2n) is 7.18. The molecule has 1 aliphatic heterocycles. The summed E-state index contributed by atoms with van der Waals surface area (Å²) in [6, 6.07) is 8.41. The summed E-state index contributed by atoms with van der Waals surface area (Å²) >= 11 is 6.12. The number of ether oxygens (including phenoxy) is 1. The van der Waals surface area contributed by atoms with Crippen molar-refractivity contribution in [3.05, 3.63) is 29.3 Å². The fourth-order valence-electron chi connectivity index (χ4n) is 3.27. The second-order valence-corrected chi connectivity index (χ2v) is 7.61. The van der Waals surface area contributed by atoms with Crippen molar-refractivity contribution in [3.8, 4) is 0 Å². The number of hydrogen-bond acceptors (Lipinski definition) is 4. The third kappa shape index (κ3) is 7.56. The van der Waals surface area contributed by atoms with Crippen LogP contribution in [0.5, 0.6) is 0 Å². The first-order valence-electron chi connectivity index (χ1n) is 9.75. The lowest BCUT2D eigenvalue weighted by molar-refractivity contribution is 0.0548. The lowest BCUT2D eigenvalue weighted by atomic mass is 10.2. The number of nitrogens with zero attached hydrogens (tertiary/aromatic N) is 3. The fraction of sp³-hybridized carbons (Fsp3) is 0.650. The molecule has 1 saturated heterocycles. The van der Waals surface area contributed by atoms with Gasteiger partial charge in [0.05, 0.1) is 6.10 Å². The van der Waals surface area contributed by atoms with E-state index in [1.165, 1.54) is 5.69 Å². The molecule has 1 aliphatic rings. The number of benzene rings is 1. The highest BCUT2D eigenvalue weighted by molar-refractivity contribution is 6.30. The van der Waals surface area contributed by atoms with Crippen LogP contribution < -0.4 is 15.5 Å². The van der Waals surface area contributed by atoms with Gasteiger partial charge in [-0.2, -0.15) is 0 Å². The molecular formula is C20H34ClN5O. The van der Waals surface area contributed by atoms with E-state index in [1.54, 1.807) is 0 Å². The predicted molar refractivity (Wildman–Crippen MR) is 115 cm³/mol. The van der Waals surface area contributed by atoms with Crippen LogP contribution in [0.25, 0.3) is 0 Å². The van der Waals surface area contributed by atoms with E-state index < -0.39 is 0 Å². The molecule has 0 radical (unpaired) electrons. The first-order valence-corrected chi connectivity index (χ1v) is 10.1. The number of aliphatic imine (C=N–C) groups is 1. The van der Waals surface area contributed by atoms with Crippen LogP contribution in [0.4, 0.5) is 5.69 Å². The first kappa shape index (κ1) is 21.8. The molecule has 6 nitrogen and oxygen atoms in total. The van der Waals surface area contributed by atoms with Gasteiger partial charge in [0.15, 0.2) is 5.96 Å². The Morgan fingerprint density at radius 2 is 2.26 bits per heavy atom. The maximum absolute atomic E-state index is 6.12. The highest BCUT2D eigenvalue weighted by atomic mass is 35.5. The lowest BCUT2D eigenvalue weighted by Gasteiger charge is -2.23. The van der Waals surface area contributed by atoms with Crippen LogP contribution in [-0.2, 0) is 4.74 Å². The summed E-state index contributed by atoms with van der Waals surface area (Å²) in [5, 5.41) is 7.74. The smallest absolute Gasteiger partial charge is 0.191 e. The average Bonchev–Trinajstić information content (AvgIpc) is 3.11. The Hall–Kier alpha value is -1.50. The van der Waals surface area contributed by atoms with Crippen molar-refractivity contribution in [3.63, 3.8) is 0 Å². The van der Waals surface area contributed by atoms with Crippen LogP contribution in [0.15, 0.2) is 29.3 Å². The molecule has 7 heteroatoms. The Labute approximate surface area is 168 Å². The lowest BCUT2D eigenvalue weighted by Crippen LogP contribution is -2.47. The Morgan fingerprint density at radius 1 is 1.44 bits per heavy atom. The minimum atomic E-state index is 0.183. The van der Waals surface area contributed by atoms with Crippen molar-refractivity contribution in [1.82, 2.24) is 15.5 Å². The van der Waals surface area contributed by atoms with Gasteiger partial charge in [0, 0.05) is 56.6 Å². The van der Waals surface area contributed by atoms with Gasteiger partial charge in [-0.05, 0) is 52.1 Å². The van der Waals surface area contributed by atoms with Gasteiger partial charge in [-0.15, -0.1) is 0 Å². The van der Waals surface area contributed by atoms with Gasteiger partial charge in [-0.3, -0.25) is 4.99 Å². The molecular weight excluding hydrogens is 362 g/mol. The Kier molecular flexibility index (Phi) is 9.18. The summed E-state index contributed by atoms with van der Waals surface area (Å²) in [6.07, 6.45) is 2.25. The number of anilines is 1. The number of halogens is 1. The maximum atomic E-state index is 6.12. The van der Waals surface area contributed by atoms with E-state index in [1.807, 2.05) is 32.2 Å². The van der Waals surface area contributed by atoms with Crippen molar-refractivity contribution in [1.29, 1.82) is 0 Å². The summed E-state index contributed by atoms with van der Waals surface area (Å²) in [5.74, 6) is 0.836. The van der Waals surface area contributed by atoms with Crippen molar-refractivity contribution in [2.24, 2.45) is 4.99 Å². The molecule has 0 aromatic heterocycles. The standard InChI is InChI=1S/C20H34ClN5O/c1-5-27-19(10-11-25(3)4)14-23-20(22-2)24-17-9-12-26(15-17)18-8-6-7-16(21)13-18/h6-8,13,17,19H,5,9-12,14-15H2,1-4H3,(H2,22,23,24). The Bertz CT molecular complexity index is 595. The highest BCUT2D eigenvalue weighted by Crippen LogP contribution is 2.23. The molecule has 0 saturated carbocycles. The van der Waals surface area contributed by atoms with Gasteiger partial charge in [0.1, 0.15) is 0 Å². The largest absolute Gasteiger partial charge is 0.377 e. The minimum Gasteiger partial charge on any atom is -0.377 e. The van der Waals surface area contributed by atoms with Gasteiger partial charge >= 0.3 is 0 Å². The third-order valence-electron chi connectivity index (χ3n) is 4.72. The highest BCUT2D eigenvalue weighted by Gasteiger charge is 2.23. The van der Waals surface area contributed by atoms with Crippen LogP contribution in [0.2, 0.25) is 5.02 Å². The van der Waals surface area contributed by atoms with Crippen molar-refractivity contribution < 1.29 is 4.74 Å².